The van der Waals surface area contributed by atoms with Crippen LogP contribution in [0.2, 0.25) is 0 Å². The highest BCUT2D eigenvalue weighted by atomic mass is 16.5. The van der Waals surface area contributed by atoms with Gasteiger partial charge >= 0.3 is 17.9 Å². The molecule has 4 N–H and O–H groups in total. The minimum absolute atomic E-state index is 0.103. The van der Waals surface area contributed by atoms with E-state index < -0.39 is 18.0 Å². The molecule has 0 saturated heterocycles. The van der Waals surface area contributed by atoms with E-state index in [0.717, 1.165) is 12.8 Å². The van der Waals surface area contributed by atoms with Crippen LogP contribution in [0.3, 0.4) is 0 Å². The molecule has 212 valence electrons. The van der Waals surface area contributed by atoms with Crippen molar-refractivity contribution in [2.45, 2.75) is 116 Å². The summed E-state index contributed by atoms with van der Waals surface area (Å²) in [6, 6.07) is 5.48. The third kappa shape index (κ3) is 20.3. The molecule has 0 radical (unpaired) electrons. The van der Waals surface area contributed by atoms with E-state index in [2.05, 4.69) is 6.92 Å². The van der Waals surface area contributed by atoms with Crippen molar-refractivity contribution in [3.8, 4) is 0 Å². The van der Waals surface area contributed by atoms with Gasteiger partial charge in [0.15, 0.2) is 0 Å². The summed E-state index contributed by atoms with van der Waals surface area (Å²) < 4.78 is 4.86. The number of esters is 1. The molecule has 1 aromatic carbocycles. The first-order chi connectivity index (χ1) is 17.8. The lowest BCUT2D eigenvalue weighted by Gasteiger charge is -2.08. The second-order valence-electron chi connectivity index (χ2n) is 9.38. The first-order valence-corrected chi connectivity index (χ1v) is 13.8. The van der Waals surface area contributed by atoms with E-state index in [1.54, 1.807) is 0 Å². The van der Waals surface area contributed by atoms with Gasteiger partial charge in [0, 0.05) is 6.42 Å². The highest BCUT2D eigenvalue weighted by Crippen LogP contribution is 2.14. The molecule has 0 amide bonds. The molecule has 0 aromatic heterocycles. The number of benzene rings is 1. The summed E-state index contributed by atoms with van der Waals surface area (Å²) in [6.45, 7) is 1.79. The lowest BCUT2D eigenvalue weighted by atomic mass is 10.0. The number of carbonyl (C=O) groups excluding carboxylic acids is 1. The van der Waals surface area contributed by atoms with E-state index >= 15 is 0 Å². The second kappa shape index (κ2) is 23.9. The van der Waals surface area contributed by atoms with Crippen molar-refractivity contribution in [1.82, 2.24) is 0 Å². The van der Waals surface area contributed by atoms with Gasteiger partial charge < -0.3 is 25.2 Å². The summed E-state index contributed by atoms with van der Waals surface area (Å²) in [5.41, 5.74) is -0.380. The molecule has 1 unspecified atom stereocenters. The number of unbranched alkanes of at least 4 members (excludes halogenated alkanes) is 14. The maximum atomic E-state index is 11.4. The molecule has 0 aliphatic carbocycles. The number of ether oxygens (including phenoxy) is 1. The topological polar surface area (TPSA) is 141 Å². The van der Waals surface area contributed by atoms with Crippen LogP contribution in [0.4, 0.5) is 0 Å². The van der Waals surface area contributed by atoms with E-state index in [1.165, 1.54) is 108 Å². The number of rotatable bonds is 21. The van der Waals surface area contributed by atoms with Crippen molar-refractivity contribution in [2.75, 3.05) is 13.2 Å². The zero-order chi connectivity index (χ0) is 27.7. The molecule has 0 heterocycles. The Bertz CT molecular complexity index is 701. The normalized spacial score (nSPS) is 11.3. The summed E-state index contributed by atoms with van der Waals surface area (Å²) in [4.78, 5) is 32.3. The summed E-state index contributed by atoms with van der Waals surface area (Å²) in [6.07, 6.45) is 19.0. The van der Waals surface area contributed by atoms with Gasteiger partial charge in [-0.15, -0.1) is 0 Å². The van der Waals surface area contributed by atoms with Gasteiger partial charge in [0.05, 0.1) is 17.7 Å². The average molecular weight is 525 g/mol. The van der Waals surface area contributed by atoms with Crippen LogP contribution in [-0.4, -0.2) is 57.7 Å². The van der Waals surface area contributed by atoms with E-state index in [9.17, 15) is 14.4 Å². The maximum absolute atomic E-state index is 11.4. The molecule has 0 saturated carbocycles. The van der Waals surface area contributed by atoms with Gasteiger partial charge in [0.25, 0.3) is 0 Å². The Labute approximate surface area is 222 Å². The molecule has 0 fully saturated rings. The minimum Gasteiger partial charge on any atom is -0.478 e. The van der Waals surface area contributed by atoms with Crippen molar-refractivity contribution in [1.29, 1.82) is 0 Å². The lowest BCUT2D eigenvalue weighted by Crippen LogP contribution is -2.21. The van der Waals surface area contributed by atoms with Crippen LogP contribution >= 0.6 is 0 Å². The van der Waals surface area contributed by atoms with Gasteiger partial charge in [-0.2, -0.15) is 0 Å². The van der Waals surface area contributed by atoms with Crippen LogP contribution in [0.5, 0.6) is 0 Å². The maximum Gasteiger partial charge on any atom is 0.336 e. The van der Waals surface area contributed by atoms with Crippen molar-refractivity contribution in [2.24, 2.45) is 0 Å². The van der Waals surface area contributed by atoms with Crippen LogP contribution < -0.4 is 0 Å². The number of hydrogen-bond acceptors (Lipinski definition) is 6. The number of aliphatic hydroxyl groups is 2. The van der Waals surface area contributed by atoms with Crippen LogP contribution in [0.25, 0.3) is 0 Å². The Morgan fingerprint density at radius 2 is 1.08 bits per heavy atom. The number of carboxylic acid groups (broad SMARTS) is 2. The third-order valence-corrected chi connectivity index (χ3v) is 6.02. The van der Waals surface area contributed by atoms with Crippen LogP contribution in [0.1, 0.15) is 130 Å². The number of carboxylic acids is 2. The zero-order valence-corrected chi connectivity index (χ0v) is 22.5. The van der Waals surface area contributed by atoms with Gasteiger partial charge in [-0.05, 0) is 18.6 Å². The lowest BCUT2D eigenvalue weighted by molar-refractivity contribution is -0.147. The van der Waals surface area contributed by atoms with E-state index in [0.29, 0.717) is 6.42 Å². The van der Waals surface area contributed by atoms with Gasteiger partial charge in [-0.3, -0.25) is 4.79 Å². The Kier molecular flexibility index (Phi) is 22.3. The minimum atomic E-state index is -1.23. The van der Waals surface area contributed by atoms with E-state index in [1.807, 2.05) is 0 Å². The van der Waals surface area contributed by atoms with Crippen molar-refractivity contribution >= 4 is 17.9 Å². The van der Waals surface area contributed by atoms with Crippen LogP contribution in [0.15, 0.2) is 24.3 Å². The first kappa shape index (κ1) is 34.6. The molecule has 0 aliphatic heterocycles. The zero-order valence-electron chi connectivity index (χ0n) is 22.5. The molecule has 8 nitrogen and oxygen atoms in total. The number of hydrogen-bond donors (Lipinski definition) is 4. The fourth-order valence-corrected chi connectivity index (χ4v) is 3.81. The Morgan fingerprint density at radius 3 is 1.43 bits per heavy atom. The second-order valence-corrected chi connectivity index (χ2v) is 9.38. The summed E-state index contributed by atoms with van der Waals surface area (Å²) in [5.74, 6) is -2.73. The fourth-order valence-electron chi connectivity index (χ4n) is 3.81. The smallest absolute Gasteiger partial charge is 0.336 e. The molecule has 1 aromatic rings. The van der Waals surface area contributed by atoms with Crippen molar-refractivity contribution in [3.63, 3.8) is 0 Å². The molecule has 0 bridgehead atoms. The molecule has 1 atom stereocenters. The average Bonchev–Trinajstić information content (AvgIpc) is 2.89. The number of aromatic carboxylic acids is 2. The Morgan fingerprint density at radius 1 is 0.703 bits per heavy atom. The van der Waals surface area contributed by atoms with Crippen molar-refractivity contribution in [3.05, 3.63) is 35.4 Å². The molecule has 0 spiro atoms. The Hall–Kier alpha value is -2.45. The van der Waals surface area contributed by atoms with Crippen molar-refractivity contribution < 1.29 is 39.5 Å². The van der Waals surface area contributed by atoms with Gasteiger partial charge in [-0.1, -0.05) is 109 Å². The predicted octanol–water partition coefficient (Wildman–Crippen LogP) is 6.23. The number of aliphatic hydroxyl groups excluding tert-OH is 2. The Balaban J connectivity index is 0.000000893. The van der Waals surface area contributed by atoms with Gasteiger partial charge in [-0.25, -0.2) is 9.59 Å². The monoisotopic (exact) mass is 524 g/mol. The molecular formula is C29H48O8. The van der Waals surface area contributed by atoms with E-state index in [4.69, 9.17) is 25.2 Å². The standard InChI is InChI=1S/C21H42O4.C8H6O4/c1-2-3-4-5-6-7-8-9-10-11-12-13-14-15-16-17-21(24)25-19-20(23)18-22;9-7(10)5-3-1-2-4-6(5)8(11)12/h20,22-23H,2-19H2,1H3;1-4H,(H,9,10)(H,11,12). The number of carbonyl (C=O) groups is 3. The summed E-state index contributed by atoms with van der Waals surface area (Å²) in [7, 11) is 0. The van der Waals surface area contributed by atoms with Crippen LogP contribution in [-0.2, 0) is 9.53 Å². The predicted molar refractivity (Wildman–Crippen MR) is 144 cm³/mol. The third-order valence-electron chi connectivity index (χ3n) is 6.02. The molecule has 0 aliphatic rings. The van der Waals surface area contributed by atoms with Gasteiger partial charge in [0.2, 0.25) is 0 Å². The summed E-state index contributed by atoms with van der Waals surface area (Å²) >= 11 is 0. The van der Waals surface area contributed by atoms with Gasteiger partial charge in [0.1, 0.15) is 12.7 Å². The largest absolute Gasteiger partial charge is 0.478 e. The summed E-state index contributed by atoms with van der Waals surface area (Å²) in [5, 5.41) is 34.8. The fraction of sp³-hybridized carbons (Fsp3) is 0.690. The SMILES string of the molecule is CCCCCCCCCCCCCCCCCC(=O)OCC(O)CO.O=C(O)c1ccccc1C(=O)O. The highest BCUT2D eigenvalue weighted by molar-refractivity contribution is 6.01. The van der Waals surface area contributed by atoms with Crippen LogP contribution in [0, 0.1) is 0 Å². The molecular weight excluding hydrogens is 476 g/mol. The molecule has 8 heteroatoms. The quantitative estimate of drug-likeness (QED) is 0.110. The highest BCUT2D eigenvalue weighted by Gasteiger charge is 2.13. The molecule has 37 heavy (non-hydrogen) atoms. The molecule has 1 rings (SSSR count). The van der Waals surface area contributed by atoms with E-state index in [-0.39, 0.29) is 30.3 Å². The first-order valence-electron chi connectivity index (χ1n) is 13.8.